The zero-order valence-corrected chi connectivity index (χ0v) is 9.85. The first kappa shape index (κ1) is 13.9. The molecule has 1 aliphatic heterocycles. The van der Waals surface area contributed by atoms with Crippen LogP contribution in [0.15, 0.2) is 0 Å². The van der Waals surface area contributed by atoms with Crippen LogP contribution < -0.4 is 10.8 Å². The molecule has 9 nitrogen and oxygen atoms in total. The van der Waals surface area contributed by atoms with E-state index in [0.717, 1.165) is 4.90 Å². The third kappa shape index (κ3) is 3.17. The first-order chi connectivity index (χ1) is 8.24. The monoisotopic (exact) mass is 259 g/mol. The van der Waals surface area contributed by atoms with E-state index in [4.69, 9.17) is 5.11 Å². The van der Waals surface area contributed by atoms with E-state index in [1.807, 2.05) is 5.48 Å². The highest BCUT2D eigenvalue weighted by Gasteiger charge is 2.44. The molecule has 100 valence electrons. The van der Waals surface area contributed by atoms with Crippen molar-refractivity contribution in [2.24, 2.45) is 0 Å². The van der Waals surface area contributed by atoms with E-state index in [2.05, 4.69) is 10.2 Å². The summed E-state index contributed by atoms with van der Waals surface area (Å²) < 4.78 is 0. The second kappa shape index (κ2) is 5.00. The van der Waals surface area contributed by atoms with Gasteiger partial charge in [0.2, 0.25) is 0 Å². The van der Waals surface area contributed by atoms with Gasteiger partial charge in [-0.2, -0.15) is 0 Å². The van der Waals surface area contributed by atoms with Crippen molar-refractivity contribution in [2.75, 3.05) is 13.2 Å². The van der Waals surface area contributed by atoms with Gasteiger partial charge in [0.15, 0.2) is 6.61 Å². The van der Waals surface area contributed by atoms with E-state index in [9.17, 15) is 19.2 Å². The quantitative estimate of drug-likeness (QED) is 0.405. The second-order valence-corrected chi connectivity index (χ2v) is 4.15. The molecule has 1 fully saturated rings. The van der Waals surface area contributed by atoms with E-state index < -0.39 is 42.5 Å². The number of hydroxylamine groups is 1. The van der Waals surface area contributed by atoms with Gasteiger partial charge in [-0.15, -0.1) is 0 Å². The zero-order valence-electron chi connectivity index (χ0n) is 9.85. The number of nitrogens with one attached hydrogen (secondary N) is 2. The summed E-state index contributed by atoms with van der Waals surface area (Å²) >= 11 is 0. The first-order valence-electron chi connectivity index (χ1n) is 5.00. The molecule has 1 aliphatic rings. The molecule has 0 unspecified atom stereocenters. The number of hydrogen-bond donors (Lipinski definition) is 3. The summed E-state index contributed by atoms with van der Waals surface area (Å²) in [7, 11) is 0. The molecule has 1 heterocycles. The van der Waals surface area contributed by atoms with E-state index in [-0.39, 0.29) is 0 Å². The minimum atomic E-state index is -1.26. The number of nitrogens with zero attached hydrogens (tertiary/aromatic N) is 1. The molecular weight excluding hydrogens is 246 g/mol. The maximum atomic E-state index is 11.7. The lowest BCUT2D eigenvalue weighted by atomic mass is 10.1. The number of hydrogen-bond acceptors (Lipinski definition) is 5. The summed E-state index contributed by atoms with van der Waals surface area (Å²) in [5.41, 5.74) is 0.759. The van der Waals surface area contributed by atoms with Crippen LogP contribution in [-0.2, 0) is 19.2 Å². The van der Waals surface area contributed by atoms with Crippen molar-refractivity contribution < 1.29 is 29.1 Å². The molecule has 0 radical (unpaired) electrons. The van der Waals surface area contributed by atoms with Gasteiger partial charge in [-0.3, -0.25) is 19.3 Å². The summed E-state index contributed by atoms with van der Waals surface area (Å²) in [6, 6.07) is -0.682. The second-order valence-electron chi connectivity index (χ2n) is 4.15. The Hall–Kier alpha value is -2.16. The number of amides is 4. The lowest BCUT2D eigenvalue weighted by molar-refractivity contribution is -0.150. The number of rotatable bonds is 5. The molecule has 0 saturated carbocycles. The van der Waals surface area contributed by atoms with Gasteiger partial charge in [0.25, 0.3) is 11.8 Å². The molecule has 0 aromatic rings. The average molecular weight is 259 g/mol. The molecule has 0 bridgehead atoms. The molecule has 4 amide bonds. The highest BCUT2D eigenvalue weighted by atomic mass is 16.7. The number of carboxylic acids is 1. The molecule has 1 rings (SSSR count). The third-order valence-corrected chi connectivity index (χ3v) is 2.13. The van der Waals surface area contributed by atoms with Gasteiger partial charge < -0.3 is 10.4 Å². The smallest absolute Gasteiger partial charge is 0.332 e. The van der Waals surface area contributed by atoms with Gasteiger partial charge >= 0.3 is 12.0 Å². The Labute approximate surface area is 102 Å². The van der Waals surface area contributed by atoms with Crippen molar-refractivity contribution in [1.82, 2.24) is 15.7 Å². The Balaban J connectivity index is 2.48. The lowest BCUT2D eigenvalue weighted by Crippen LogP contribution is -2.43. The van der Waals surface area contributed by atoms with Crippen molar-refractivity contribution >= 4 is 23.8 Å². The molecule has 3 N–H and O–H groups in total. The minimum absolute atomic E-state index is 0.534. The van der Waals surface area contributed by atoms with Crippen molar-refractivity contribution in [3.8, 4) is 0 Å². The number of carboxylic acid groups (broad SMARTS) is 1. The van der Waals surface area contributed by atoms with E-state index in [1.165, 1.54) is 13.8 Å². The van der Waals surface area contributed by atoms with Crippen LogP contribution in [0.3, 0.4) is 0 Å². The summed E-state index contributed by atoms with van der Waals surface area (Å²) in [5, 5.41) is 10.7. The standard InChI is InChI=1S/C9H13N3O6/c1-9(2)7(16)12(8(17)10-9)3-5(13)11-18-4-6(14)15/h3-4H2,1-2H3,(H,10,17)(H,11,13)(H,14,15). The minimum Gasteiger partial charge on any atom is -0.479 e. The number of urea groups is 1. The number of carbonyl (C=O) groups is 4. The Bertz CT molecular complexity index is 405. The Morgan fingerprint density at radius 3 is 2.50 bits per heavy atom. The molecule has 0 aliphatic carbocycles. The molecular formula is C9H13N3O6. The van der Waals surface area contributed by atoms with Gasteiger partial charge in [0, 0.05) is 0 Å². The molecule has 0 spiro atoms. The molecule has 9 heteroatoms. The largest absolute Gasteiger partial charge is 0.479 e. The fourth-order valence-corrected chi connectivity index (χ4v) is 1.32. The van der Waals surface area contributed by atoms with Crippen LogP contribution in [0.1, 0.15) is 13.8 Å². The van der Waals surface area contributed by atoms with Crippen molar-refractivity contribution in [2.45, 2.75) is 19.4 Å². The Morgan fingerprint density at radius 1 is 1.44 bits per heavy atom. The molecule has 0 aromatic heterocycles. The van der Waals surface area contributed by atoms with Crippen LogP contribution in [-0.4, -0.2) is 52.5 Å². The van der Waals surface area contributed by atoms with Crippen molar-refractivity contribution in [1.29, 1.82) is 0 Å². The summed E-state index contributed by atoms with van der Waals surface area (Å²) in [6.45, 7) is 1.77. The summed E-state index contributed by atoms with van der Waals surface area (Å²) in [5.74, 6) is -2.59. The highest BCUT2D eigenvalue weighted by Crippen LogP contribution is 2.15. The van der Waals surface area contributed by atoms with Crippen molar-refractivity contribution in [3.63, 3.8) is 0 Å². The van der Waals surface area contributed by atoms with Gasteiger partial charge in [0.1, 0.15) is 12.1 Å². The maximum absolute atomic E-state index is 11.7. The van der Waals surface area contributed by atoms with Crippen LogP contribution in [0.25, 0.3) is 0 Å². The highest BCUT2D eigenvalue weighted by molar-refractivity contribution is 6.08. The molecule has 1 saturated heterocycles. The van der Waals surface area contributed by atoms with Crippen LogP contribution in [0.5, 0.6) is 0 Å². The predicted molar refractivity (Wildman–Crippen MR) is 56.1 cm³/mol. The Kier molecular flexibility index (Phi) is 3.86. The van der Waals surface area contributed by atoms with Crippen LogP contribution in [0.2, 0.25) is 0 Å². The molecule has 0 aromatic carbocycles. The maximum Gasteiger partial charge on any atom is 0.332 e. The summed E-state index contributed by atoms with van der Waals surface area (Å²) in [6.07, 6.45) is 0. The SMILES string of the molecule is CC1(C)NC(=O)N(CC(=O)NOCC(=O)O)C1=O. The van der Waals surface area contributed by atoms with Crippen LogP contribution in [0, 0.1) is 0 Å². The van der Waals surface area contributed by atoms with Gasteiger partial charge in [-0.05, 0) is 13.8 Å². The normalized spacial score (nSPS) is 17.6. The fraction of sp³-hybridized carbons (Fsp3) is 0.556. The number of imide groups is 1. The topological polar surface area (TPSA) is 125 Å². The first-order valence-corrected chi connectivity index (χ1v) is 5.00. The number of carbonyl (C=O) groups excluding carboxylic acids is 3. The Morgan fingerprint density at radius 2 is 2.06 bits per heavy atom. The summed E-state index contributed by atoms with van der Waals surface area (Å²) in [4.78, 5) is 49.5. The molecule has 0 atom stereocenters. The van der Waals surface area contributed by atoms with E-state index in [1.54, 1.807) is 0 Å². The van der Waals surface area contributed by atoms with Gasteiger partial charge in [-0.25, -0.2) is 15.1 Å². The van der Waals surface area contributed by atoms with Crippen LogP contribution >= 0.6 is 0 Å². The fourth-order valence-electron chi connectivity index (χ4n) is 1.32. The van der Waals surface area contributed by atoms with Crippen molar-refractivity contribution in [3.05, 3.63) is 0 Å². The number of aliphatic carboxylic acids is 1. The zero-order chi connectivity index (χ0) is 13.9. The average Bonchev–Trinajstić information content (AvgIpc) is 2.40. The van der Waals surface area contributed by atoms with E-state index >= 15 is 0 Å². The predicted octanol–water partition coefficient (Wildman–Crippen LogP) is -1.55. The third-order valence-electron chi connectivity index (χ3n) is 2.13. The lowest BCUT2D eigenvalue weighted by Gasteiger charge is -2.15. The molecule has 18 heavy (non-hydrogen) atoms. The van der Waals surface area contributed by atoms with Gasteiger partial charge in [-0.1, -0.05) is 0 Å². The van der Waals surface area contributed by atoms with Crippen LogP contribution in [0.4, 0.5) is 4.79 Å². The van der Waals surface area contributed by atoms with Gasteiger partial charge in [0.05, 0.1) is 0 Å². The van der Waals surface area contributed by atoms with E-state index in [0.29, 0.717) is 0 Å².